The van der Waals surface area contributed by atoms with Gasteiger partial charge in [-0.3, -0.25) is 9.69 Å². The molecule has 1 aliphatic heterocycles. The maximum absolute atomic E-state index is 11.5. The summed E-state index contributed by atoms with van der Waals surface area (Å²) >= 11 is 0. The third-order valence-electron chi connectivity index (χ3n) is 4.99. The van der Waals surface area contributed by atoms with Crippen LogP contribution in [0.25, 0.3) is 0 Å². The Kier molecular flexibility index (Phi) is 5.35. The fraction of sp³-hybridized carbons (Fsp3) is 0.650. The van der Waals surface area contributed by atoms with Gasteiger partial charge in [0.1, 0.15) is 0 Å². The van der Waals surface area contributed by atoms with Crippen LogP contribution in [0.1, 0.15) is 52.0 Å². The number of rotatable bonds is 6. The summed E-state index contributed by atoms with van der Waals surface area (Å²) in [6.45, 7) is 8.04. The molecule has 1 amide bonds. The lowest BCUT2D eigenvalue weighted by atomic mass is 9.88. The van der Waals surface area contributed by atoms with Gasteiger partial charge in [0.2, 0.25) is 5.91 Å². The van der Waals surface area contributed by atoms with E-state index in [1.165, 1.54) is 5.56 Å². The highest BCUT2D eigenvalue weighted by molar-refractivity contribution is 5.80. The molecule has 1 unspecified atom stereocenters. The minimum absolute atomic E-state index is 0.0672. The van der Waals surface area contributed by atoms with Crippen LogP contribution < -0.4 is 11.1 Å². The van der Waals surface area contributed by atoms with E-state index in [2.05, 4.69) is 55.3 Å². The number of carbonyl (C=O) groups excluding carboxylic acids is 1. The first-order chi connectivity index (χ1) is 11.8. The molecule has 1 atom stereocenters. The first kappa shape index (κ1) is 18.2. The molecule has 0 spiro atoms. The zero-order chi connectivity index (χ0) is 18.0. The molecule has 1 heterocycles. The van der Waals surface area contributed by atoms with Crippen molar-refractivity contribution in [1.29, 1.82) is 0 Å². The van der Waals surface area contributed by atoms with Crippen molar-refractivity contribution >= 4 is 11.6 Å². The number of hydrogen-bond donors (Lipinski definition) is 2. The number of amides is 1. The van der Waals surface area contributed by atoms with Gasteiger partial charge in [-0.1, -0.05) is 12.1 Å². The van der Waals surface area contributed by atoms with Crippen molar-refractivity contribution in [3.63, 3.8) is 0 Å². The minimum Gasteiger partial charge on any atom is -0.382 e. The number of primary amides is 1. The molecule has 2 fully saturated rings. The average Bonchev–Trinajstić information content (AvgIpc) is 2.92. The highest BCUT2D eigenvalue weighted by atomic mass is 16.5. The number of benzene rings is 1. The molecule has 1 saturated carbocycles. The van der Waals surface area contributed by atoms with Crippen LogP contribution in [0.3, 0.4) is 0 Å². The van der Waals surface area contributed by atoms with Gasteiger partial charge in [-0.2, -0.15) is 0 Å². The molecule has 2 aliphatic rings. The van der Waals surface area contributed by atoms with Crippen LogP contribution >= 0.6 is 0 Å². The Morgan fingerprint density at radius 2 is 2.12 bits per heavy atom. The summed E-state index contributed by atoms with van der Waals surface area (Å²) in [4.78, 5) is 13.7. The molecule has 25 heavy (non-hydrogen) atoms. The van der Waals surface area contributed by atoms with Crippen molar-refractivity contribution in [2.24, 2.45) is 5.73 Å². The van der Waals surface area contributed by atoms with Crippen LogP contribution in [-0.4, -0.2) is 41.1 Å². The molecule has 138 valence electrons. The summed E-state index contributed by atoms with van der Waals surface area (Å²) in [5.41, 5.74) is 7.81. The Morgan fingerprint density at radius 3 is 2.80 bits per heavy atom. The van der Waals surface area contributed by atoms with Crippen molar-refractivity contribution in [1.82, 2.24) is 4.90 Å². The number of anilines is 1. The van der Waals surface area contributed by atoms with Gasteiger partial charge in [-0.05, 0) is 70.7 Å². The molecule has 5 nitrogen and oxygen atoms in total. The van der Waals surface area contributed by atoms with Gasteiger partial charge in [0.25, 0.3) is 0 Å². The van der Waals surface area contributed by atoms with E-state index < -0.39 is 0 Å². The van der Waals surface area contributed by atoms with Crippen molar-refractivity contribution in [3.05, 3.63) is 29.8 Å². The number of likely N-dealkylation sites (tertiary alicyclic amines) is 1. The summed E-state index contributed by atoms with van der Waals surface area (Å²) < 4.78 is 6.00. The maximum Gasteiger partial charge on any atom is 0.234 e. The second kappa shape index (κ2) is 7.34. The Labute approximate surface area is 150 Å². The highest BCUT2D eigenvalue weighted by Gasteiger charge is 2.33. The Morgan fingerprint density at radius 1 is 1.36 bits per heavy atom. The first-order valence-electron chi connectivity index (χ1n) is 9.37. The maximum atomic E-state index is 11.5. The van der Waals surface area contributed by atoms with Gasteiger partial charge in [0.15, 0.2) is 0 Å². The quantitative estimate of drug-likeness (QED) is 0.832. The third-order valence-corrected chi connectivity index (χ3v) is 4.99. The molecule has 1 aromatic rings. The SMILES string of the molecule is CC(C)(C)OC1CC(Nc2cccc(CN3CCCC3C(N)=O)c2)C1. The second-order valence-corrected chi connectivity index (χ2v) is 8.40. The predicted molar refractivity (Wildman–Crippen MR) is 100 cm³/mol. The lowest BCUT2D eigenvalue weighted by Crippen LogP contribution is -2.44. The molecule has 1 aromatic carbocycles. The van der Waals surface area contributed by atoms with Gasteiger partial charge >= 0.3 is 0 Å². The highest BCUT2D eigenvalue weighted by Crippen LogP contribution is 2.30. The average molecular weight is 345 g/mol. The second-order valence-electron chi connectivity index (χ2n) is 8.40. The molecule has 0 bridgehead atoms. The van der Waals surface area contributed by atoms with Crippen molar-refractivity contribution in [2.45, 2.75) is 76.8 Å². The van der Waals surface area contributed by atoms with E-state index in [0.717, 1.165) is 44.5 Å². The predicted octanol–water partition coefficient (Wildman–Crippen LogP) is 2.89. The normalized spacial score (nSPS) is 27.1. The van der Waals surface area contributed by atoms with Gasteiger partial charge in [0.05, 0.1) is 17.7 Å². The zero-order valence-corrected chi connectivity index (χ0v) is 15.6. The standard InChI is InChI=1S/C20H31N3O2/c1-20(2,3)25-17-11-16(12-17)22-15-7-4-6-14(10-15)13-23-9-5-8-18(23)19(21)24/h4,6-7,10,16-18,22H,5,8-9,11-13H2,1-3H3,(H2,21,24). The molecule has 3 rings (SSSR count). The van der Waals surface area contributed by atoms with E-state index in [1.807, 2.05) is 0 Å². The van der Waals surface area contributed by atoms with E-state index in [-0.39, 0.29) is 17.6 Å². The number of ether oxygens (including phenoxy) is 1. The van der Waals surface area contributed by atoms with Crippen LogP contribution in [0, 0.1) is 0 Å². The number of hydrogen-bond acceptors (Lipinski definition) is 4. The molecule has 1 aliphatic carbocycles. The van der Waals surface area contributed by atoms with Crippen LogP contribution in [-0.2, 0) is 16.1 Å². The van der Waals surface area contributed by atoms with E-state index in [0.29, 0.717) is 12.1 Å². The number of nitrogens with zero attached hydrogens (tertiary/aromatic N) is 1. The number of nitrogens with one attached hydrogen (secondary N) is 1. The van der Waals surface area contributed by atoms with Crippen molar-refractivity contribution in [3.8, 4) is 0 Å². The molecule has 1 saturated heterocycles. The van der Waals surface area contributed by atoms with E-state index in [1.54, 1.807) is 0 Å². The summed E-state index contributed by atoms with van der Waals surface area (Å²) in [6.07, 6.45) is 4.39. The summed E-state index contributed by atoms with van der Waals surface area (Å²) in [5, 5.41) is 3.60. The number of carbonyl (C=O) groups is 1. The molecular weight excluding hydrogens is 314 g/mol. The Bertz CT molecular complexity index is 605. The lowest BCUT2D eigenvalue weighted by Gasteiger charge is -2.40. The van der Waals surface area contributed by atoms with E-state index >= 15 is 0 Å². The van der Waals surface area contributed by atoms with Crippen LogP contribution in [0.2, 0.25) is 0 Å². The molecule has 3 N–H and O–H groups in total. The first-order valence-corrected chi connectivity index (χ1v) is 9.37. The van der Waals surface area contributed by atoms with Crippen molar-refractivity contribution < 1.29 is 9.53 Å². The summed E-state index contributed by atoms with van der Waals surface area (Å²) in [5.74, 6) is -0.203. The van der Waals surface area contributed by atoms with Gasteiger partial charge < -0.3 is 15.8 Å². The minimum atomic E-state index is -0.203. The van der Waals surface area contributed by atoms with Crippen LogP contribution in [0.15, 0.2) is 24.3 Å². The summed E-state index contributed by atoms with van der Waals surface area (Å²) in [7, 11) is 0. The molecule has 0 radical (unpaired) electrons. The Balaban J connectivity index is 1.52. The van der Waals surface area contributed by atoms with Gasteiger partial charge in [0, 0.05) is 18.3 Å². The third kappa shape index (κ3) is 4.95. The zero-order valence-electron chi connectivity index (χ0n) is 15.6. The lowest BCUT2D eigenvalue weighted by molar-refractivity contribution is -0.122. The van der Waals surface area contributed by atoms with E-state index in [9.17, 15) is 4.79 Å². The van der Waals surface area contributed by atoms with Crippen LogP contribution in [0.4, 0.5) is 5.69 Å². The fourth-order valence-electron chi connectivity index (χ4n) is 3.85. The Hall–Kier alpha value is -1.59. The van der Waals surface area contributed by atoms with Gasteiger partial charge in [-0.15, -0.1) is 0 Å². The molecule has 5 heteroatoms. The number of nitrogens with two attached hydrogens (primary N) is 1. The monoisotopic (exact) mass is 345 g/mol. The summed E-state index contributed by atoms with van der Waals surface area (Å²) in [6, 6.07) is 8.86. The topological polar surface area (TPSA) is 67.6 Å². The fourth-order valence-corrected chi connectivity index (χ4v) is 3.85. The van der Waals surface area contributed by atoms with E-state index in [4.69, 9.17) is 10.5 Å². The molecular formula is C20H31N3O2. The van der Waals surface area contributed by atoms with Crippen molar-refractivity contribution in [2.75, 3.05) is 11.9 Å². The molecule has 0 aromatic heterocycles. The smallest absolute Gasteiger partial charge is 0.234 e. The van der Waals surface area contributed by atoms with Crippen LogP contribution in [0.5, 0.6) is 0 Å². The van der Waals surface area contributed by atoms with Gasteiger partial charge in [-0.25, -0.2) is 0 Å². The largest absolute Gasteiger partial charge is 0.382 e.